The van der Waals surface area contributed by atoms with Gasteiger partial charge in [-0.25, -0.2) is 0 Å². The zero-order chi connectivity index (χ0) is 13.9. The van der Waals surface area contributed by atoms with Crippen molar-refractivity contribution in [3.8, 4) is 0 Å². The molecule has 0 unspecified atom stereocenters. The van der Waals surface area contributed by atoms with Crippen LogP contribution < -0.4 is 0 Å². The van der Waals surface area contributed by atoms with Gasteiger partial charge in [-0.2, -0.15) is 10.2 Å². The lowest BCUT2D eigenvalue weighted by Gasteiger charge is -2.08. The van der Waals surface area contributed by atoms with Crippen molar-refractivity contribution < 1.29 is 4.79 Å². The Kier molecular flexibility index (Phi) is 3.67. The average molecular weight is 272 g/mol. The molecule has 1 fully saturated rings. The molecule has 2 heterocycles. The summed E-state index contributed by atoms with van der Waals surface area (Å²) in [5, 5.41) is 8.87. The molecule has 0 saturated heterocycles. The molecule has 0 aliphatic heterocycles. The van der Waals surface area contributed by atoms with E-state index in [1.54, 1.807) is 17.1 Å². The summed E-state index contributed by atoms with van der Waals surface area (Å²) < 4.78 is 3.87. The van der Waals surface area contributed by atoms with E-state index in [4.69, 9.17) is 0 Å². The Morgan fingerprint density at radius 3 is 2.95 bits per heavy atom. The Bertz CT molecular complexity index is 593. The van der Waals surface area contributed by atoms with Crippen molar-refractivity contribution in [3.05, 3.63) is 35.9 Å². The molecule has 5 heteroatoms. The number of aromatic nitrogens is 4. The van der Waals surface area contributed by atoms with Gasteiger partial charge in [0.15, 0.2) is 5.78 Å². The van der Waals surface area contributed by atoms with Crippen LogP contribution in [-0.2, 0) is 6.54 Å². The normalized spacial score (nSPS) is 15.8. The zero-order valence-electron chi connectivity index (χ0n) is 11.8. The first-order valence-corrected chi connectivity index (χ1v) is 7.36. The number of hydrogen-bond donors (Lipinski definition) is 0. The van der Waals surface area contributed by atoms with Gasteiger partial charge in [0.1, 0.15) is 0 Å². The van der Waals surface area contributed by atoms with Crippen LogP contribution >= 0.6 is 0 Å². The van der Waals surface area contributed by atoms with Gasteiger partial charge in [0.25, 0.3) is 0 Å². The Hall–Kier alpha value is -1.91. The largest absolute Gasteiger partial charge is 0.294 e. The number of ketones is 1. The van der Waals surface area contributed by atoms with Crippen LogP contribution in [0.5, 0.6) is 0 Å². The number of hydrogen-bond acceptors (Lipinski definition) is 3. The quantitative estimate of drug-likeness (QED) is 0.786. The smallest absolute Gasteiger partial charge is 0.165 e. The minimum Gasteiger partial charge on any atom is -0.294 e. The first-order valence-electron chi connectivity index (χ1n) is 7.36. The second-order valence-electron chi connectivity index (χ2n) is 5.43. The summed E-state index contributed by atoms with van der Waals surface area (Å²) in [7, 11) is 0. The lowest BCUT2D eigenvalue weighted by molar-refractivity contribution is 0.0988. The standard InChI is InChI=1S/C15H20N4O/c1-2-15(20)12-9-16-18(10-12)11-13-7-8-19(17-13)14-5-3-4-6-14/h7-10,14H,2-6,11H2,1H3. The molecule has 0 amide bonds. The van der Waals surface area contributed by atoms with E-state index in [2.05, 4.69) is 21.1 Å². The Morgan fingerprint density at radius 2 is 2.20 bits per heavy atom. The van der Waals surface area contributed by atoms with E-state index < -0.39 is 0 Å². The van der Waals surface area contributed by atoms with Gasteiger partial charge in [0.05, 0.1) is 30.0 Å². The molecule has 20 heavy (non-hydrogen) atoms. The van der Waals surface area contributed by atoms with Gasteiger partial charge in [-0.05, 0) is 18.9 Å². The topological polar surface area (TPSA) is 52.7 Å². The highest BCUT2D eigenvalue weighted by atomic mass is 16.1. The maximum atomic E-state index is 11.6. The number of rotatable bonds is 5. The molecular weight excluding hydrogens is 252 g/mol. The van der Waals surface area contributed by atoms with Crippen LogP contribution in [0.2, 0.25) is 0 Å². The van der Waals surface area contributed by atoms with E-state index in [1.807, 2.05) is 13.0 Å². The molecule has 0 radical (unpaired) electrons. The molecule has 0 N–H and O–H groups in total. The Balaban J connectivity index is 1.68. The van der Waals surface area contributed by atoms with Crippen molar-refractivity contribution in [2.45, 2.75) is 51.6 Å². The number of carbonyl (C=O) groups excluding carboxylic acids is 1. The molecule has 1 aliphatic rings. The highest BCUT2D eigenvalue weighted by Crippen LogP contribution is 2.28. The lowest BCUT2D eigenvalue weighted by atomic mass is 10.2. The van der Waals surface area contributed by atoms with Crippen molar-refractivity contribution in [2.75, 3.05) is 0 Å². The van der Waals surface area contributed by atoms with Crippen LogP contribution in [0, 0.1) is 0 Å². The third-order valence-electron chi connectivity index (χ3n) is 3.96. The van der Waals surface area contributed by atoms with E-state index in [-0.39, 0.29) is 5.78 Å². The third-order valence-corrected chi connectivity index (χ3v) is 3.96. The number of carbonyl (C=O) groups is 1. The second-order valence-corrected chi connectivity index (χ2v) is 5.43. The molecule has 106 valence electrons. The lowest BCUT2D eigenvalue weighted by Crippen LogP contribution is -2.07. The van der Waals surface area contributed by atoms with Gasteiger partial charge in [0, 0.05) is 18.8 Å². The van der Waals surface area contributed by atoms with Crippen molar-refractivity contribution in [3.63, 3.8) is 0 Å². The summed E-state index contributed by atoms with van der Waals surface area (Å²) in [6, 6.07) is 2.61. The van der Waals surface area contributed by atoms with Gasteiger partial charge >= 0.3 is 0 Å². The van der Waals surface area contributed by atoms with Gasteiger partial charge in [-0.3, -0.25) is 14.2 Å². The summed E-state index contributed by atoms with van der Waals surface area (Å²) >= 11 is 0. The summed E-state index contributed by atoms with van der Waals surface area (Å²) in [5.41, 5.74) is 1.68. The second kappa shape index (κ2) is 5.61. The Morgan fingerprint density at radius 1 is 1.40 bits per heavy atom. The van der Waals surface area contributed by atoms with Crippen LogP contribution in [0.15, 0.2) is 24.7 Å². The van der Waals surface area contributed by atoms with E-state index in [0.29, 0.717) is 24.6 Å². The molecule has 1 saturated carbocycles. The SMILES string of the molecule is CCC(=O)c1cnn(Cc2ccn(C3CCCC3)n2)c1. The van der Waals surface area contributed by atoms with Crippen LogP contribution in [0.4, 0.5) is 0 Å². The van der Waals surface area contributed by atoms with Crippen molar-refractivity contribution in [2.24, 2.45) is 0 Å². The van der Waals surface area contributed by atoms with Gasteiger partial charge < -0.3 is 0 Å². The molecule has 3 rings (SSSR count). The van der Waals surface area contributed by atoms with E-state index in [9.17, 15) is 4.79 Å². The van der Waals surface area contributed by atoms with E-state index in [1.165, 1.54) is 25.7 Å². The van der Waals surface area contributed by atoms with Gasteiger partial charge in [-0.15, -0.1) is 0 Å². The van der Waals surface area contributed by atoms with Crippen molar-refractivity contribution >= 4 is 5.78 Å². The van der Waals surface area contributed by atoms with Crippen molar-refractivity contribution in [1.82, 2.24) is 19.6 Å². The molecule has 2 aromatic rings. The molecule has 5 nitrogen and oxygen atoms in total. The molecule has 0 spiro atoms. The maximum Gasteiger partial charge on any atom is 0.165 e. The Labute approximate surface area is 118 Å². The minimum absolute atomic E-state index is 0.132. The molecule has 1 aliphatic carbocycles. The summed E-state index contributed by atoms with van der Waals surface area (Å²) in [4.78, 5) is 11.6. The molecule has 0 bridgehead atoms. The van der Waals surface area contributed by atoms with Crippen LogP contribution in [-0.4, -0.2) is 25.3 Å². The van der Waals surface area contributed by atoms with Crippen LogP contribution in [0.1, 0.15) is 61.1 Å². The third kappa shape index (κ3) is 2.66. The predicted octanol–water partition coefficient (Wildman–Crippen LogP) is 2.84. The number of Topliss-reactive ketones (excluding diaryl/α,β-unsaturated/α-hetero) is 1. The molecular formula is C15H20N4O. The predicted molar refractivity (Wildman–Crippen MR) is 75.7 cm³/mol. The first kappa shape index (κ1) is 13.1. The van der Waals surface area contributed by atoms with Crippen LogP contribution in [0.25, 0.3) is 0 Å². The fraction of sp³-hybridized carbons (Fsp3) is 0.533. The minimum atomic E-state index is 0.132. The van der Waals surface area contributed by atoms with E-state index in [0.717, 1.165) is 5.69 Å². The zero-order valence-corrected chi connectivity index (χ0v) is 11.8. The summed E-state index contributed by atoms with van der Waals surface area (Å²) in [6.45, 7) is 2.49. The average Bonchev–Trinajstić information content (AvgIpc) is 3.19. The molecule has 2 aromatic heterocycles. The first-order chi connectivity index (χ1) is 9.76. The maximum absolute atomic E-state index is 11.6. The molecule has 0 aromatic carbocycles. The highest BCUT2D eigenvalue weighted by Gasteiger charge is 2.17. The number of nitrogens with zero attached hydrogens (tertiary/aromatic N) is 4. The fourth-order valence-corrected chi connectivity index (χ4v) is 2.80. The van der Waals surface area contributed by atoms with Crippen molar-refractivity contribution in [1.29, 1.82) is 0 Å². The summed E-state index contributed by atoms with van der Waals surface area (Å²) in [6.07, 6.45) is 11.1. The van der Waals surface area contributed by atoms with Crippen LogP contribution in [0.3, 0.4) is 0 Å². The van der Waals surface area contributed by atoms with E-state index >= 15 is 0 Å². The molecule has 0 atom stereocenters. The fourth-order valence-electron chi connectivity index (χ4n) is 2.80. The monoisotopic (exact) mass is 272 g/mol. The van der Waals surface area contributed by atoms with Gasteiger partial charge in [-0.1, -0.05) is 19.8 Å². The van der Waals surface area contributed by atoms with Gasteiger partial charge in [0.2, 0.25) is 0 Å². The highest BCUT2D eigenvalue weighted by molar-refractivity contribution is 5.95. The summed E-state index contributed by atoms with van der Waals surface area (Å²) in [5.74, 6) is 0.132.